The van der Waals surface area contributed by atoms with E-state index in [4.69, 9.17) is 0 Å². The van der Waals surface area contributed by atoms with E-state index in [0.29, 0.717) is 11.3 Å². The Kier molecular flexibility index (Phi) is 5.03. The molecule has 0 atom stereocenters. The molecule has 2 rings (SSSR count). The molecule has 0 heterocycles. The van der Waals surface area contributed by atoms with Crippen molar-refractivity contribution in [2.24, 2.45) is 0 Å². The van der Waals surface area contributed by atoms with Crippen molar-refractivity contribution in [3.05, 3.63) is 71.6 Å². The van der Waals surface area contributed by atoms with Crippen molar-refractivity contribution in [3.8, 4) is 0 Å². The first-order valence-electron chi connectivity index (χ1n) is 6.65. The van der Waals surface area contributed by atoms with Gasteiger partial charge in [-0.3, -0.25) is 9.59 Å². The van der Waals surface area contributed by atoms with E-state index >= 15 is 0 Å². The summed E-state index contributed by atoms with van der Waals surface area (Å²) in [5.74, 6) is -0.938. The van der Waals surface area contributed by atoms with Gasteiger partial charge in [0.15, 0.2) is 0 Å². The highest BCUT2D eigenvalue weighted by Crippen LogP contribution is 2.10. The third-order valence-electron chi connectivity index (χ3n) is 2.92. The van der Waals surface area contributed by atoms with Crippen LogP contribution < -0.4 is 10.6 Å². The largest absolute Gasteiger partial charge is 0.355 e. The number of amides is 2. The van der Waals surface area contributed by atoms with Crippen LogP contribution in [0.2, 0.25) is 0 Å². The van der Waals surface area contributed by atoms with Crippen molar-refractivity contribution in [1.29, 1.82) is 0 Å². The van der Waals surface area contributed by atoms with Crippen molar-refractivity contribution in [2.75, 3.05) is 12.4 Å². The molecule has 2 N–H and O–H groups in total. The van der Waals surface area contributed by atoms with E-state index in [2.05, 4.69) is 10.6 Å². The van der Waals surface area contributed by atoms with Gasteiger partial charge in [-0.05, 0) is 42.0 Å². The monoisotopic (exact) mass is 298 g/mol. The SMILES string of the molecule is CNC(=O)c1ccc(/C=C/C(=O)Nc2cccc(F)c2)cc1. The molecule has 4 nitrogen and oxygen atoms in total. The summed E-state index contributed by atoms with van der Waals surface area (Å²) >= 11 is 0. The van der Waals surface area contributed by atoms with E-state index in [-0.39, 0.29) is 11.8 Å². The molecule has 22 heavy (non-hydrogen) atoms. The number of hydrogen-bond acceptors (Lipinski definition) is 2. The maximum atomic E-state index is 13.0. The molecule has 5 heteroatoms. The molecule has 0 saturated carbocycles. The second-order valence-electron chi connectivity index (χ2n) is 4.53. The van der Waals surface area contributed by atoms with Gasteiger partial charge >= 0.3 is 0 Å². The maximum Gasteiger partial charge on any atom is 0.251 e. The number of carbonyl (C=O) groups excluding carboxylic acids is 2. The molecule has 2 aromatic rings. The van der Waals surface area contributed by atoms with Crippen LogP contribution in [0.5, 0.6) is 0 Å². The highest BCUT2D eigenvalue weighted by molar-refractivity contribution is 6.02. The van der Waals surface area contributed by atoms with Gasteiger partial charge in [0.25, 0.3) is 5.91 Å². The van der Waals surface area contributed by atoms with Crippen molar-refractivity contribution in [1.82, 2.24) is 5.32 Å². The van der Waals surface area contributed by atoms with Gasteiger partial charge in [-0.25, -0.2) is 4.39 Å². The number of carbonyl (C=O) groups is 2. The maximum absolute atomic E-state index is 13.0. The summed E-state index contributed by atoms with van der Waals surface area (Å²) in [6.07, 6.45) is 2.96. The van der Waals surface area contributed by atoms with Gasteiger partial charge in [0.05, 0.1) is 0 Å². The van der Waals surface area contributed by atoms with Crippen LogP contribution in [0.3, 0.4) is 0 Å². The van der Waals surface area contributed by atoms with Gasteiger partial charge in [-0.15, -0.1) is 0 Å². The van der Waals surface area contributed by atoms with E-state index in [1.54, 1.807) is 43.5 Å². The molecule has 0 radical (unpaired) electrons. The van der Waals surface area contributed by atoms with Crippen LogP contribution in [0, 0.1) is 5.82 Å². The second-order valence-corrected chi connectivity index (χ2v) is 4.53. The minimum atomic E-state index is -0.411. The molecular formula is C17H15FN2O2. The number of rotatable bonds is 4. The van der Waals surface area contributed by atoms with E-state index in [1.165, 1.54) is 24.3 Å². The highest BCUT2D eigenvalue weighted by atomic mass is 19.1. The van der Waals surface area contributed by atoms with E-state index in [1.807, 2.05) is 0 Å². The average Bonchev–Trinajstić information content (AvgIpc) is 2.52. The van der Waals surface area contributed by atoms with Gasteiger partial charge in [0.1, 0.15) is 5.82 Å². The lowest BCUT2D eigenvalue weighted by atomic mass is 10.1. The quantitative estimate of drug-likeness (QED) is 0.853. The Labute approximate surface area is 127 Å². The molecule has 0 aliphatic rings. The van der Waals surface area contributed by atoms with Crippen LogP contribution in [-0.4, -0.2) is 18.9 Å². The Bertz CT molecular complexity index is 709. The molecule has 0 saturated heterocycles. The molecule has 0 fully saturated rings. The molecule has 112 valence electrons. The number of nitrogens with one attached hydrogen (secondary N) is 2. The van der Waals surface area contributed by atoms with Crippen LogP contribution in [0.4, 0.5) is 10.1 Å². The Hall–Kier alpha value is -2.95. The number of halogens is 1. The van der Waals surface area contributed by atoms with Crippen molar-refractivity contribution < 1.29 is 14.0 Å². The van der Waals surface area contributed by atoms with Gasteiger partial charge in [-0.1, -0.05) is 18.2 Å². The summed E-state index contributed by atoms with van der Waals surface area (Å²) in [6.45, 7) is 0. The predicted molar refractivity (Wildman–Crippen MR) is 83.9 cm³/mol. The van der Waals surface area contributed by atoms with Crippen molar-refractivity contribution in [3.63, 3.8) is 0 Å². The van der Waals surface area contributed by atoms with Crippen LogP contribution in [0.25, 0.3) is 6.08 Å². The number of anilines is 1. The Balaban J connectivity index is 1.99. The van der Waals surface area contributed by atoms with Crippen LogP contribution in [0.1, 0.15) is 15.9 Å². The zero-order valence-corrected chi connectivity index (χ0v) is 12.0. The topological polar surface area (TPSA) is 58.2 Å². The average molecular weight is 298 g/mol. The minimum absolute atomic E-state index is 0.167. The standard InChI is InChI=1S/C17H15FN2O2/c1-19-17(22)13-8-5-12(6-9-13)7-10-16(21)20-15-4-2-3-14(18)11-15/h2-11H,1H3,(H,19,22)(H,20,21)/b10-7+. The summed E-state index contributed by atoms with van der Waals surface area (Å²) in [4.78, 5) is 23.1. The van der Waals surface area contributed by atoms with Gasteiger partial charge in [0.2, 0.25) is 5.91 Å². The predicted octanol–water partition coefficient (Wildman–Crippen LogP) is 2.84. The fraction of sp³-hybridized carbons (Fsp3) is 0.0588. The zero-order chi connectivity index (χ0) is 15.9. The molecule has 0 aliphatic carbocycles. The van der Waals surface area contributed by atoms with Gasteiger partial charge < -0.3 is 10.6 Å². The first-order valence-corrected chi connectivity index (χ1v) is 6.65. The molecule has 0 bridgehead atoms. The fourth-order valence-corrected chi connectivity index (χ4v) is 1.81. The van der Waals surface area contributed by atoms with Crippen LogP contribution >= 0.6 is 0 Å². The zero-order valence-electron chi connectivity index (χ0n) is 12.0. The molecule has 2 amide bonds. The summed E-state index contributed by atoms with van der Waals surface area (Å²) in [7, 11) is 1.56. The molecule has 0 unspecified atom stereocenters. The lowest BCUT2D eigenvalue weighted by molar-refractivity contribution is -0.111. The van der Waals surface area contributed by atoms with Crippen LogP contribution in [-0.2, 0) is 4.79 Å². The molecule has 0 aliphatic heterocycles. The normalized spacial score (nSPS) is 10.5. The summed E-state index contributed by atoms with van der Waals surface area (Å²) in [6, 6.07) is 12.5. The Morgan fingerprint density at radius 2 is 1.82 bits per heavy atom. The molecule has 0 spiro atoms. The van der Waals surface area contributed by atoms with E-state index < -0.39 is 5.82 Å². The van der Waals surface area contributed by atoms with Crippen molar-refractivity contribution in [2.45, 2.75) is 0 Å². The third kappa shape index (κ3) is 4.28. The highest BCUT2D eigenvalue weighted by Gasteiger charge is 2.02. The smallest absolute Gasteiger partial charge is 0.251 e. The number of benzene rings is 2. The van der Waals surface area contributed by atoms with Crippen LogP contribution in [0.15, 0.2) is 54.6 Å². The molecule has 2 aromatic carbocycles. The Morgan fingerprint density at radius 3 is 2.45 bits per heavy atom. The summed E-state index contributed by atoms with van der Waals surface area (Å²) in [5, 5.41) is 5.09. The lowest BCUT2D eigenvalue weighted by Crippen LogP contribution is -2.17. The second kappa shape index (κ2) is 7.17. The first-order chi connectivity index (χ1) is 10.6. The summed E-state index contributed by atoms with van der Waals surface area (Å²) in [5.41, 5.74) is 1.72. The Morgan fingerprint density at radius 1 is 1.09 bits per heavy atom. The molecule has 0 aromatic heterocycles. The van der Waals surface area contributed by atoms with Crippen molar-refractivity contribution >= 4 is 23.6 Å². The minimum Gasteiger partial charge on any atom is -0.355 e. The molecular weight excluding hydrogens is 283 g/mol. The first kappa shape index (κ1) is 15.4. The fourth-order valence-electron chi connectivity index (χ4n) is 1.81. The lowest BCUT2D eigenvalue weighted by Gasteiger charge is -2.02. The summed E-state index contributed by atoms with van der Waals surface area (Å²) < 4.78 is 13.0. The van der Waals surface area contributed by atoms with Gasteiger partial charge in [0, 0.05) is 24.4 Å². The van der Waals surface area contributed by atoms with E-state index in [0.717, 1.165) is 5.56 Å². The van der Waals surface area contributed by atoms with E-state index in [9.17, 15) is 14.0 Å². The van der Waals surface area contributed by atoms with Gasteiger partial charge in [-0.2, -0.15) is 0 Å². The number of hydrogen-bond donors (Lipinski definition) is 2. The third-order valence-corrected chi connectivity index (χ3v) is 2.92.